The van der Waals surface area contributed by atoms with Gasteiger partial charge in [0.15, 0.2) is 12.1 Å². The SMILES string of the molecule is CC[C@H](C)[C@@H]1NC(=O)[C@@H](CCCNC(=N)N)NC(=O)[C@H](CC(C)C)NC(=O)[C@H]([C@H](O)C(C)C)NC(=O)[C@@H](NC(=O)[C@H](CC(C)(C)C)NC(=O)[C@H](N)C[Si](C)(C)C)[C@@H](c2ccc(N(C)C)cc2)NC(=O)[C@H](CO)NC(=O)[C@H]([C@H](O)C(N)=O)NC(=O)CNC(=O)[C@H]([C@H](C)O)NC1=O. The third kappa shape index (κ3) is 27.7. The van der Waals surface area contributed by atoms with Crippen LogP contribution in [-0.4, -0.2) is 218 Å². The van der Waals surface area contributed by atoms with Crippen LogP contribution in [0.5, 0.6) is 0 Å². The summed E-state index contributed by atoms with van der Waals surface area (Å²) in [5.41, 5.74) is 17.2. The number of nitrogens with two attached hydrogens (primary N) is 3. The first-order chi connectivity index (χ1) is 43.9. The number of amides is 12. The Morgan fingerprint density at radius 3 is 1.73 bits per heavy atom. The van der Waals surface area contributed by atoms with E-state index < -0.39 is 200 Å². The minimum Gasteiger partial charge on any atom is -0.394 e. The number of benzene rings is 1. The highest BCUT2D eigenvalue weighted by atomic mass is 28.3. The molecule has 2 rings (SSSR count). The molecule has 536 valence electrons. The number of carbonyl (C=O) groups excluding carboxylic acids is 12. The minimum absolute atomic E-state index is 0.0157. The second kappa shape index (κ2) is 37.9. The average molecular weight is 1360 g/mol. The molecule has 12 amide bonds. The zero-order valence-electron chi connectivity index (χ0n) is 57.4. The predicted molar refractivity (Wildman–Crippen MR) is 355 cm³/mol. The molecule has 95 heavy (non-hydrogen) atoms. The Balaban J connectivity index is 3.23. The first kappa shape index (κ1) is 83.0. The summed E-state index contributed by atoms with van der Waals surface area (Å²) in [6.07, 6.45) is -6.19. The fraction of sp³-hybridized carbons (Fsp3) is 0.689. The van der Waals surface area contributed by atoms with Gasteiger partial charge >= 0.3 is 0 Å². The summed E-state index contributed by atoms with van der Waals surface area (Å²) in [5, 5.41) is 81.8. The molecule has 33 nitrogen and oxygen atoms in total. The van der Waals surface area contributed by atoms with Gasteiger partial charge in [0.25, 0.3) is 0 Å². The van der Waals surface area contributed by atoms with Gasteiger partial charge in [0.1, 0.15) is 54.4 Å². The lowest BCUT2D eigenvalue weighted by atomic mass is 9.87. The van der Waals surface area contributed by atoms with Crippen molar-refractivity contribution in [3.05, 3.63) is 29.8 Å². The van der Waals surface area contributed by atoms with Crippen molar-refractivity contribution in [3.63, 3.8) is 0 Å². The molecule has 23 N–H and O–H groups in total. The van der Waals surface area contributed by atoms with Crippen molar-refractivity contribution in [2.75, 3.05) is 38.7 Å². The van der Waals surface area contributed by atoms with Crippen LogP contribution in [0.3, 0.4) is 0 Å². The number of guanidine groups is 1. The number of nitrogens with one attached hydrogen (secondary N) is 13. The van der Waals surface area contributed by atoms with E-state index in [0.29, 0.717) is 11.7 Å². The molecule has 0 radical (unpaired) electrons. The first-order valence-electron chi connectivity index (χ1n) is 31.8. The van der Waals surface area contributed by atoms with E-state index in [1.54, 1.807) is 79.6 Å². The maximum atomic E-state index is 15.6. The molecule has 1 fully saturated rings. The van der Waals surface area contributed by atoms with Crippen molar-refractivity contribution in [1.29, 1.82) is 5.41 Å². The van der Waals surface area contributed by atoms with E-state index in [4.69, 9.17) is 22.6 Å². The highest BCUT2D eigenvalue weighted by molar-refractivity contribution is 6.76. The standard InChI is InChI=1S/C61H107N17O16Si/c1-16-31(6)41-56(91)74-42(32(7)80)55(90)67-26-40(81)72-46(48(83)49(63)84)59(94)71-39(27-79)54(89)75-43(33-19-21-34(22-20-33)78(11)12)44(76-53(88)38(25-61(8,9)10)70-50(85)35(62)28-95(13,14)15)57(92)77-45(47(82)30(4)5)58(93)69-37(24-29(2)3)52(87)68-36(51(86)73-41)18-17-23-66-60(64)65/h19-22,29-32,35-39,41-48,79-80,82-83H,16-18,23-28,62H2,1-15H3,(H2,63,84)(H,67,90)(H,68,87)(H,69,93)(H,70,85)(H,71,94)(H,72,81)(H,73,86)(H,74,91)(H,75,89)(H,76,88)(H,77,92)(H4,64,65,66)/t31-,32-,35+,36+,37-,38-,39-,41-,42-,43+,44-,45-,46-,47+,48-/m0/s1. The van der Waals surface area contributed by atoms with Crippen molar-refractivity contribution in [3.8, 4) is 0 Å². The van der Waals surface area contributed by atoms with Crippen LogP contribution in [0.15, 0.2) is 24.3 Å². The van der Waals surface area contributed by atoms with Gasteiger partial charge in [0.2, 0.25) is 70.9 Å². The fourth-order valence-corrected chi connectivity index (χ4v) is 11.5. The molecule has 15 atom stereocenters. The second-order valence-electron chi connectivity index (χ2n) is 27.6. The smallest absolute Gasteiger partial charge is 0.248 e. The number of primary amides is 1. The Labute approximate surface area is 556 Å². The molecule has 1 aromatic rings. The number of carbonyl (C=O) groups is 12. The molecule has 0 aromatic heterocycles. The second-order valence-corrected chi connectivity index (χ2v) is 33.1. The van der Waals surface area contributed by atoms with E-state index in [1.165, 1.54) is 26.0 Å². The van der Waals surface area contributed by atoms with Gasteiger partial charge in [-0.25, -0.2) is 0 Å². The summed E-state index contributed by atoms with van der Waals surface area (Å²) >= 11 is 0. The van der Waals surface area contributed by atoms with Gasteiger partial charge in [-0.3, -0.25) is 62.9 Å². The predicted octanol–water partition coefficient (Wildman–Crippen LogP) is -4.90. The molecule has 34 heteroatoms. The van der Waals surface area contributed by atoms with E-state index in [0.717, 1.165) is 6.92 Å². The molecular weight excluding hydrogens is 1250 g/mol. The maximum absolute atomic E-state index is 15.6. The molecule has 0 saturated carbocycles. The molecule has 1 saturated heterocycles. The molecule has 1 heterocycles. The fourth-order valence-electron chi connectivity index (χ4n) is 9.98. The maximum Gasteiger partial charge on any atom is 0.248 e. The topological polar surface area (TPSA) is 535 Å². The number of rotatable bonds is 23. The molecular formula is C61H107N17O16Si. The Kier molecular flexibility index (Phi) is 33.1. The molecule has 1 aromatic carbocycles. The normalized spacial score (nSPS) is 24.3. The van der Waals surface area contributed by atoms with Gasteiger partial charge in [0.05, 0.1) is 37.4 Å². The van der Waals surface area contributed by atoms with Crippen LogP contribution in [0, 0.1) is 28.6 Å². The Hall–Kier alpha value is -8.05. The van der Waals surface area contributed by atoms with E-state index >= 15 is 14.4 Å². The lowest BCUT2D eigenvalue weighted by molar-refractivity contribution is -0.140. The van der Waals surface area contributed by atoms with Crippen molar-refractivity contribution in [2.24, 2.45) is 40.4 Å². The summed E-state index contributed by atoms with van der Waals surface area (Å²) in [4.78, 5) is 174. The summed E-state index contributed by atoms with van der Waals surface area (Å²) in [7, 11) is 1.42. The van der Waals surface area contributed by atoms with Gasteiger partial charge in [-0.2, -0.15) is 0 Å². The Bertz CT molecular complexity index is 2830. The van der Waals surface area contributed by atoms with Crippen molar-refractivity contribution < 1.29 is 78.0 Å². The zero-order valence-corrected chi connectivity index (χ0v) is 58.4. The summed E-state index contributed by atoms with van der Waals surface area (Å²) in [6, 6.07) is -13.1. The number of nitrogens with zero attached hydrogens (tertiary/aromatic N) is 1. The molecule has 0 unspecified atom stereocenters. The largest absolute Gasteiger partial charge is 0.394 e. The molecule has 1 aliphatic rings. The number of hydrogen-bond donors (Lipinski definition) is 20. The van der Waals surface area contributed by atoms with Crippen LogP contribution >= 0.6 is 0 Å². The average Bonchev–Trinajstić information content (AvgIpc) is 0.818. The lowest BCUT2D eigenvalue weighted by Gasteiger charge is -2.35. The quantitative estimate of drug-likeness (QED) is 0.0211. The van der Waals surface area contributed by atoms with Gasteiger partial charge < -0.3 is 106 Å². The number of anilines is 1. The van der Waals surface area contributed by atoms with Gasteiger partial charge in [-0.15, -0.1) is 0 Å². The van der Waals surface area contributed by atoms with Crippen LogP contribution < -0.4 is 85.9 Å². The molecule has 0 spiro atoms. The summed E-state index contributed by atoms with van der Waals surface area (Å²) in [5.74, 6) is -16.5. The van der Waals surface area contributed by atoms with Crippen LogP contribution in [0.25, 0.3) is 0 Å². The Morgan fingerprint density at radius 2 is 1.22 bits per heavy atom. The van der Waals surface area contributed by atoms with Crippen molar-refractivity contribution in [2.45, 2.75) is 212 Å². The van der Waals surface area contributed by atoms with Gasteiger partial charge in [-0.05, 0) is 79.5 Å². The summed E-state index contributed by atoms with van der Waals surface area (Å²) < 4.78 is 0. The Morgan fingerprint density at radius 1 is 0.695 bits per heavy atom. The monoisotopic (exact) mass is 1360 g/mol. The first-order valence-corrected chi connectivity index (χ1v) is 35.5. The third-order valence-electron chi connectivity index (χ3n) is 15.5. The number of aliphatic hydroxyl groups is 4. The van der Waals surface area contributed by atoms with Gasteiger partial charge in [-0.1, -0.05) is 101 Å². The third-order valence-corrected chi connectivity index (χ3v) is 17.1. The summed E-state index contributed by atoms with van der Waals surface area (Å²) in [6.45, 7) is 19.7. The van der Waals surface area contributed by atoms with E-state index in [1.807, 2.05) is 25.0 Å². The zero-order chi connectivity index (χ0) is 72.7. The van der Waals surface area contributed by atoms with Crippen LogP contribution in [0.2, 0.25) is 25.7 Å². The molecule has 1 aliphatic heterocycles. The van der Waals surface area contributed by atoms with E-state index in [9.17, 15) is 63.6 Å². The highest BCUT2D eigenvalue weighted by Crippen LogP contribution is 2.26. The molecule has 0 bridgehead atoms. The molecule has 0 aliphatic carbocycles. The van der Waals surface area contributed by atoms with Crippen molar-refractivity contribution >= 4 is 90.6 Å². The van der Waals surface area contributed by atoms with Crippen LogP contribution in [0.1, 0.15) is 113 Å². The van der Waals surface area contributed by atoms with E-state index in [2.05, 4.69) is 58.5 Å². The van der Waals surface area contributed by atoms with Gasteiger partial charge in [0, 0.05) is 34.4 Å². The van der Waals surface area contributed by atoms with Crippen LogP contribution in [0.4, 0.5) is 5.69 Å². The minimum atomic E-state index is -2.57. The highest BCUT2D eigenvalue weighted by Gasteiger charge is 2.43. The lowest BCUT2D eigenvalue weighted by Crippen LogP contribution is -2.65. The van der Waals surface area contributed by atoms with Crippen LogP contribution in [-0.2, 0) is 57.5 Å². The number of hydrogen-bond acceptors (Lipinski definition) is 19. The number of aliphatic hydroxyl groups excluding tert-OH is 4. The van der Waals surface area contributed by atoms with Crippen molar-refractivity contribution in [1.82, 2.24) is 63.8 Å². The van der Waals surface area contributed by atoms with E-state index in [-0.39, 0.29) is 50.1 Å².